The average Bonchev–Trinajstić information content (AvgIpc) is 2.92. The van der Waals surface area contributed by atoms with Crippen LogP contribution in [-0.4, -0.2) is 47.5 Å². The molecule has 1 aromatic rings. The van der Waals surface area contributed by atoms with E-state index in [1.807, 2.05) is 0 Å². The Bertz CT molecular complexity index is 620. The number of carbonyl (C=O) groups excluding carboxylic acids is 1. The molecule has 1 fully saturated rings. The number of rotatable bonds is 5. The van der Waals surface area contributed by atoms with Crippen LogP contribution in [0.3, 0.4) is 0 Å². The predicted molar refractivity (Wildman–Crippen MR) is 71.2 cm³/mol. The molecular weight excluding hydrogens is 284 g/mol. The maximum Gasteiger partial charge on any atom is 0.323 e. The third-order valence-corrected chi connectivity index (χ3v) is 5.60. The second kappa shape index (κ2) is 5.66. The Balaban J connectivity index is 1.99. The molecule has 0 saturated carbocycles. The Labute approximate surface area is 116 Å². The van der Waals surface area contributed by atoms with Crippen LogP contribution in [0.2, 0.25) is 0 Å². The predicted octanol–water partition coefficient (Wildman–Crippen LogP) is -0.120. The minimum Gasteiger partial charge on any atom is -0.480 e. The highest BCUT2D eigenvalue weighted by Gasteiger charge is 2.31. The van der Waals surface area contributed by atoms with Crippen molar-refractivity contribution in [2.24, 2.45) is 0 Å². The molecule has 1 aliphatic rings. The third kappa shape index (κ3) is 3.19. The highest BCUT2D eigenvalue weighted by molar-refractivity contribution is 7.92. The number of aromatic nitrogens is 1. The Hall–Kier alpha value is -1.83. The van der Waals surface area contributed by atoms with E-state index in [4.69, 9.17) is 5.11 Å². The summed E-state index contributed by atoms with van der Waals surface area (Å²) in [5.41, 5.74) is 0.211. The van der Waals surface area contributed by atoms with Crippen molar-refractivity contribution in [2.75, 3.05) is 12.3 Å². The van der Waals surface area contributed by atoms with Gasteiger partial charge in [-0.2, -0.15) is 0 Å². The number of aliphatic carboxylic acids is 1. The zero-order valence-electron chi connectivity index (χ0n) is 10.8. The van der Waals surface area contributed by atoms with Crippen molar-refractivity contribution in [3.8, 4) is 0 Å². The van der Waals surface area contributed by atoms with Crippen LogP contribution in [0.5, 0.6) is 0 Å². The summed E-state index contributed by atoms with van der Waals surface area (Å²) < 4.78 is 24.6. The first-order valence-electron chi connectivity index (χ1n) is 6.27. The van der Waals surface area contributed by atoms with Gasteiger partial charge in [-0.05, 0) is 25.0 Å². The lowest BCUT2D eigenvalue weighted by molar-refractivity contribution is -0.137. The smallest absolute Gasteiger partial charge is 0.323 e. The summed E-state index contributed by atoms with van der Waals surface area (Å²) in [7, 11) is -3.10. The van der Waals surface area contributed by atoms with E-state index in [-0.39, 0.29) is 24.5 Å². The Morgan fingerprint density at radius 3 is 2.80 bits per heavy atom. The third-order valence-electron chi connectivity index (χ3n) is 3.32. The van der Waals surface area contributed by atoms with E-state index in [9.17, 15) is 18.0 Å². The lowest BCUT2D eigenvalue weighted by Crippen LogP contribution is -2.35. The van der Waals surface area contributed by atoms with Crippen molar-refractivity contribution < 1.29 is 23.1 Å². The molecule has 20 heavy (non-hydrogen) atoms. The fourth-order valence-corrected chi connectivity index (χ4v) is 4.05. The number of nitrogens with one attached hydrogen (secondary N) is 1. The van der Waals surface area contributed by atoms with Crippen molar-refractivity contribution in [1.29, 1.82) is 0 Å². The number of carbonyl (C=O) groups is 2. The van der Waals surface area contributed by atoms with Gasteiger partial charge < -0.3 is 15.0 Å². The number of hydrogen-bond acceptors (Lipinski definition) is 4. The van der Waals surface area contributed by atoms with E-state index < -0.39 is 27.0 Å². The molecule has 0 spiro atoms. The van der Waals surface area contributed by atoms with Crippen LogP contribution >= 0.6 is 0 Å². The molecule has 0 radical (unpaired) electrons. The van der Waals surface area contributed by atoms with Crippen LogP contribution in [0.15, 0.2) is 18.3 Å². The number of sulfone groups is 1. The van der Waals surface area contributed by atoms with Gasteiger partial charge in [0.2, 0.25) is 0 Å². The van der Waals surface area contributed by atoms with E-state index >= 15 is 0 Å². The maximum absolute atomic E-state index is 12.0. The fourth-order valence-electron chi connectivity index (χ4n) is 2.29. The highest BCUT2D eigenvalue weighted by atomic mass is 32.2. The molecule has 2 heterocycles. The number of hydrogen-bond donors (Lipinski definition) is 2. The van der Waals surface area contributed by atoms with E-state index in [2.05, 4.69) is 5.32 Å². The molecule has 1 unspecified atom stereocenters. The molecule has 1 saturated heterocycles. The van der Waals surface area contributed by atoms with Crippen molar-refractivity contribution >= 4 is 21.7 Å². The number of nitrogens with zero attached hydrogens (tertiary/aromatic N) is 1. The lowest BCUT2D eigenvalue weighted by atomic mass is 10.2. The molecule has 0 aliphatic carbocycles. The van der Waals surface area contributed by atoms with Gasteiger partial charge >= 0.3 is 5.97 Å². The summed E-state index contributed by atoms with van der Waals surface area (Å²) in [6, 6.07) is 3.07. The van der Waals surface area contributed by atoms with Gasteiger partial charge in [0.1, 0.15) is 12.2 Å². The highest BCUT2D eigenvalue weighted by Crippen LogP contribution is 2.19. The standard InChI is InChI=1S/C12H16N2O5S/c15-11(16)8-14-5-1-4-10(14)12(17)13-7-9-3-2-6-20(9,18)19/h1,4-5,9H,2-3,6-8H2,(H,13,17)(H,15,16). The molecule has 1 atom stereocenters. The topological polar surface area (TPSA) is 105 Å². The summed E-state index contributed by atoms with van der Waals surface area (Å²) >= 11 is 0. The number of carboxylic acids is 1. The van der Waals surface area contributed by atoms with Gasteiger partial charge in [0, 0.05) is 12.7 Å². The summed E-state index contributed by atoms with van der Waals surface area (Å²) in [6.07, 6.45) is 2.67. The second-order valence-electron chi connectivity index (χ2n) is 4.76. The van der Waals surface area contributed by atoms with E-state index in [1.54, 1.807) is 6.07 Å². The van der Waals surface area contributed by atoms with Crippen LogP contribution in [-0.2, 0) is 21.2 Å². The first-order valence-corrected chi connectivity index (χ1v) is 7.98. The van der Waals surface area contributed by atoms with Crippen LogP contribution < -0.4 is 5.32 Å². The van der Waals surface area contributed by atoms with Gasteiger partial charge in [0.05, 0.1) is 11.0 Å². The normalized spacial score (nSPS) is 20.7. The molecule has 7 nitrogen and oxygen atoms in total. The summed E-state index contributed by atoms with van der Waals surface area (Å²) in [4.78, 5) is 22.6. The quantitative estimate of drug-likeness (QED) is 0.788. The minimum absolute atomic E-state index is 0.0689. The number of carboxylic acid groups (broad SMARTS) is 1. The molecular formula is C12H16N2O5S. The molecule has 0 aromatic carbocycles. The molecule has 0 bridgehead atoms. The zero-order valence-corrected chi connectivity index (χ0v) is 11.6. The zero-order chi connectivity index (χ0) is 14.8. The molecule has 110 valence electrons. The largest absolute Gasteiger partial charge is 0.480 e. The SMILES string of the molecule is O=C(O)Cn1cccc1C(=O)NCC1CCCS1(=O)=O. The molecule has 2 rings (SSSR count). The summed E-state index contributed by atoms with van der Waals surface area (Å²) in [6.45, 7) is -0.239. The van der Waals surface area contributed by atoms with Gasteiger partial charge in [0.25, 0.3) is 5.91 Å². The van der Waals surface area contributed by atoms with Crippen LogP contribution in [0.25, 0.3) is 0 Å². The Morgan fingerprint density at radius 2 is 2.20 bits per heavy atom. The number of amides is 1. The van der Waals surface area contributed by atoms with Gasteiger partial charge in [-0.25, -0.2) is 8.42 Å². The lowest BCUT2D eigenvalue weighted by Gasteiger charge is -2.11. The Morgan fingerprint density at radius 1 is 1.45 bits per heavy atom. The molecule has 1 aliphatic heterocycles. The summed E-state index contributed by atoms with van der Waals surface area (Å²) in [5, 5.41) is 10.8. The first kappa shape index (κ1) is 14.6. The molecule has 2 N–H and O–H groups in total. The Kier molecular flexibility index (Phi) is 4.12. The minimum atomic E-state index is -3.10. The van der Waals surface area contributed by atoms with Crippen molar-refractivity contribution in [3.05, 3.63) is 24.0 Å². The van der Waals surface area contributed by atoms with Crippen molar-refractivity contribution in [1.82, 2.24) is 9.88 Å². The molecule has 8 heteroatoms. The molecule has 1 amide bonds. The average molecular weight is 300 g/mol. The van der Waals surface area contributed by atoms with Crippen LogP contribution in [0.4, 0.5) is 0 Å². The fraction of sp³-hybridized carbons (Fsp3) is 0.500. The maximum atomic E-state index is 12.0. The van der Waals surface area contributed by atoms with Crippen LogP contribution in [0, 0.1) is 0 Å². The van der Waals surface area contributed by atoms with Crippen LogP contribution in [0.1, 0.15) is 23.3 Å². The van der Waals surface area contributed by atoms with E-state index in [0.717, 1.165) is 0 Å². The summed E-state index contributed by atoms with van der Waals surface area (Å²) in [5.74, 6) is -1.34. The van der Waals surface area contributed by atoms with Gasteiger partial charge in [-0.3, -0.25) is 9.59 Å². The van der Waals surface area contributed by atoms with Crippen molar-refractivity contribution in [2.45, 2.75) is 24.6 Å². The van der Waals surface area contributed by atoms with E-state index in [0.29, 0.717) is 12.8 Å². The van der Waals surface area contributed by atoms with Gasteiger partial charge in [-0.1, -0.05) is 0 Å². The monoisotopic (exact) mass is 300 g/mol. The van der Waals surface area contributed by atoms with E-state index in [1.165, 1.54) is 16.8 Å². The second-order valence-corrected chi connectivity index (χ2v) is 7.16. The first-order chi connectivity index (χ1) is 9.40. The van der Waals surface area contributed by atoms with Gasteiger partial charge in [-0.15, -0.1) is 0 Å². The van der Waals surface area contributed by atoms with Crippen molar-refractivity contribution in [3.63, 3.8) is 0 Å². The molecule has 1 aromatic heterocycles. The van der Waals surface area contributed by atoms with Gasteiger partial charge in [0.15, 0.2) is 9.84 Å².